The molecule has 0 aromatic heterocycles. The molecule has 6 heteroatoms. The summed E-state index contributed by atoms with van der Waals surface area (Å²) in [6, 6.07) is 13.3. The minimum Gasteiger partial charge on any atom is -0.489 e. The second-order valence-corrected chi connectivity index (χ2v) is 5.83. The Bertz CT molecular complexity index is 698. The van der Waals surface area contributed by atoms with Crippen LogP contribution in [-0.2, 0) is 11.3 Å². The first-order valence-electron chi connectivity index (χ1n) is 8.32. The standard InChI is InChI=1S/C19H21FN2O3/c20-16-7-5-15(6-8-16)14-25-18-4-1-3-17(13-18)21-19(23)22-9-2-11-24-12-10-22/h1,3-8,13H,2,9-12,14H2,(H,21,23). The van der Waals surface area contributed by atoms with Gasteiger partial charge in [-0.15, -0.1) is 0 Å². The quantitative estimate of drug-likeness (QED) is 0.921. The van der Waals surface area contributed by atoms with E-state index in [0.717, 1.165) is 12.0 Å². The Morgan fingerprint density at radius 2 is 2.00 bits per heavy atom. The SMILES string of the molecule is O=C(Nc1cccc(OCc2ccc(F)cc2)c1)N1CCCOCC1. The number of amides is 2. The Morgan fingerprint density at radius 1 is 1.16 bits per heavy atom. The molecule has 2 aromatic rings. The monoisotopic (exact) mass is 344 g/mol. The smallest absolute Gasteiger partial charge is 0.321 e. The lowest BCUT2D eigenvalue weighted by Crippen LogP contribution is -2.36. The molecule has 25 heavy (non-hydrogen) atoms. The molecule has 0 saturated carbocycles. The van der Waals surface area contributed by atoms with Crippen LogP contribution in [0.2, 0.25) is 0 Å². The molecule has 1 saturated heterocycles. The van der Waals surface area contributed by atoms with Crippen LogP contribution in [0.1, 0.15) is 12.0 Å². The molecule has 1 aliphatic rings. The largest absolute Gasteiger partial charge is 0.489 e. The van der Waals surface area contributed by atoms with Crippen molar-refractivity contribution in [3.05, 3.63) is 59.9 Å². The van der Waals surface area contributed by atoms with Crippen LogP contribution in [0, 0.1) is 5.82 Å². The number of carbonyl (C=O) groups is 1. The van der Waals surface area contributed by atoms with Gasteiger partial charge in [0.2, 0.25) is 0 Å². The molecule has 5 nitrogen and oxygen atoms in total. The molecule has 2 amide bonds. The van der Waals surface area contributed by atoms with Gasteiger partial charge in [-0.05, 0) is 36.2 Å². The predicted molar refractivity (Wildman–Crippen MR) is 93.2 cm³/mol. The molecular weight excluding hydrogens is 323 g/mol. The van der Waals surface area contributed by atoms with Crippen molar-refractivity contribution in [2.24, 2.45) is 0 Å². The molecule has 0 spiro atoms. The minimum absolute atomic E-state index is 0.138. The van der Waals surface area contributed by atoms with Gasteiger partial charge in [-0.2, -0.15) is 0 Å². The van der Waals surface area contributed by atoms with Gasteiger partial charge < -0.3 is 19.7 Å². The number of ether oxygens (including phenoxy) is 2. The summed E-state index contributed by atoms with van der Waals surface area (Å²) >= 11 is 0. The Hall–Kier alpha value is -2.60. The number of urea groups is 1. The number of carbonyl (C=O) groups excluding carboxylic acids is 1. The van der Waals surface area contributed by atoms with Crippen LogP contribution < -0.4 is 10.1 Å². The van der Waals surface area contributed by atoms with Gasteiger partial charge in [0.15, 0.2) is 0 Å². The number of halogens is 1. The van der Waals surface area contributed by atoms with E-state index in [1.54, 1.807) is 23.1 Å². The molecule has 2 aromatic carbocycles. The lowest BCUT2D eigenvalue weighted by Gasteiger charge is -2.20. The second-order valence-electron chi connectivity index (χ2n) is 5.83. The van der Waals surface area contributed by atoms with Gasteiger partial charge in [0, 0.05) is 31.5 Å². The highest BCUT2D eigenvalue weighted by Crippen LogP contribution is 2.19. The van der Waals surface area contributed by atoms with Gasteiger partial charge in [-0.1, -0.05) is 18.2 Å². The van der Waals surface area contributed by atoms with E-state index >= 15 is 0 Å². The molecule has 0 radical (unpaired) electrons. The van der Waals surface area contributed by atoms with Gasteiger partial charge in [-0.25, -0.2) is 9.18 Å². The number of hydrogen-bond donors (Lipinski definition) is 1. The maximum atomic E-state index is 12.9. The molecule has 1 fully saturated rings. The normalized spacial score (nSPS) is 14.7. The molecule has 132 valence electrons. The van der Waals surface area contributed by atoms with Crippen LogP contribution in [-0.4, -0.2) is 37.2 Å². The van der Waals surface area contributed by atoms with Crippen molar-refractivity contribution >= 4 is 11.7 Å². The minimum atomic E-state index is -0.271. The number of nitrogens with zero attached hydrogens (tertiary/aromatic N) is 1. The van der Waals surface area contributed by atoms with E-state index in [9.17, 15) is 9.18 Å². The highest BCUT2D eigenvalue weighted by Gasteiger charge is 2.15. The summed E-state index contributed by atoms with van der Waals surface area (Å²) < 4.78 is 24.0. The lowest BCUT2D eigenvalue weighted by atomic mass is 10.2. The van der Waals surface area contributed by atoms with Gasteiger partial charge in [-0.3, -0.25) is 0 Å². The molecule has 1 aliphatic heterocycles. The van der Waals surface area contributed by atoms with E-state index in [4.69, 9.17) is 9.47 Å². The van der Waals surface area contributed by atoms with E-state index < -0.39 is 0 Å². The summed E-state index contributed by atoms with van der Waals surface area (Å²) in [4.78, 5) is 14.1. The highest BCUT2D eigenvalue weighted by molar-refractivity contribution is 5.89. The number of rotatable bonds is 4. The van der Waals surface area contributed by atoms with Crippen LogP contribution in [0.5, 0.6) is 5.75 Å². The van der Waals surface area contributed by atoms with Crippen molar-refractivity contribution in [1.29, 1.82) is 0 Å². The van der Waals surface area contributed by atoms with Crippen molar-refractivity contribution in [1.82, 2.24) is 4.90 Å². The fourth-order valence-corrected chi connectivity index (χ4v) is 2.56. The number of nitrogens with one attached hydrogen (secondary N) is 1. The zero-order valence-electron chi connectivity index (χ0n) is 13.9. The van der Waals surface area contributed by atoms with Crippen LogP contribution in [0.4, 0.5) is 14.9 Å². The van der Waals surface area contributed by atoms with E-state index in [-0.39, 0.29) is 11.8 Å². The Labute approximate surface area is 146 Å². The predicted octanol–water partition coefficient (Wildman–Crippen LogP) is 3.66. The fourth-order valence-electron chi connectivity index (χ4n) is 2.56. The highest BCUT2D eigenvalue weighted by atomic mass is 19.1. The first-order chi connectivity index (χ1) is 12.2. The summed E-state index contributed by atoms with van der Waals surface area (Å²) in [6.07, 6.45) is 0.842. The Morgan fingerprint density at radius 3 is 2.84 bits per heavy atom. The topological polar surface area (TPSA) is 50.8 Å². The van der Waals surface area contributed by atoms with Crippen molar-refractivity contribution in [3.63, 3.8) is 0 Å². The second kappa shape index (κ2) is 8.48. The molecule has 1 N–H and O–H groups in total. The summed E-state index contributed by atoms with van der Waals surface area (Å²) in [5.41, 5.74) is 1.55. The van der Waals surface area contributed by atoms with Gasteiger partial charge >= 0.3 is 6.03 Å². The molecule has 0 unspecified atom stereocenters. The summed E-state index contributed by atoms with van der Waals surface area (Å²) in [5.74, 6) is 0.369. The van der Waals surface area contributed by atoms with Crippen molar-refractivity contribution in [3.8, 4) is 5.75 Å². The van der Waals surface area contributed by atoms with Crippen LogP contribution in [0.3, 0.4) is 0 Å². The summed E-state index contributed by atoms with van der Waals surface area (Å²) in [5, 5.41) is 2.89. The molecule has 0 bridgehead atoms. The third-order valence-corrected chi connectivity index (χ3v) is 3.91. The fraction of sp³-hybridized carbons (Fsp3) is 0.316. The molecule has 0 atom stereocenters. The number of anilines is 1. The Kier molecular flexibility index (Phi) is 5.85. The number of hydrogen-bond acceptors (Lipinski definition) is 3. The van der Waals surface area contributed by atoms with E-state index in [1.807, 2.05) is 18.2 Å². The average Bonchev–Trinajstić information content (AvgIpc) is 2.91. The van der Waals surface area contributed by atoms with E-state index in [0.29, 0.717) is 44.3 Å². The van der Waals surface area contributed by atoms with Crippen LogP contribution in [0.25, 0.3) is 0 Å². The first kappa shape index (κ1) is 17.2. The summed E-state index contributed by atoms with van der Waals surface area (Å²) in [7, 11) is 0. The van der Waals surface area contributed by atoms with Crippen molar-refractivity contribution < 1.29 is 18.7 Å². The third kappa shape index (κ3) is 5.19. The van der Waals surface area contributed by atoms with Gasteiger partial charge in [0.05, 0.1) is 6.61 Å². The molecule has 1 heterocycles. The maximum Gasteiger partial charge on any atom is 0.321 e. The first-order valence-corrected chi connectivity index (χ1v) is 8.32. The lowest BCUT2D eigenvalue weighted by molar-refractivity contribution is 0.144. The molecule has 3 rings (SSSR count). The Balaban J connectivity index is 1.57. The zero-order valence-corrected chi connectivity index (χ0v) is 13.9. The van der Waals surface area contributed by atoms with Crippen LogP contribution in [0.15, 0.2) is 48.5 Å². The number of benzene rings is 2. The van der Waals surface area contributed by atoms with E-state index in [1.165, 1.54) is 12.1 Å². The van der Waals surface area contributed by atoms with E-state index in [2.05, 4.69) is 5.32 Å². The zero-order chi connectivity index (χ0) is 17.5. The van der Waals surface area contributed by atoms with Crippen molar-refractivity contribution in [2.45, 2.75) is 13.0 Å². The molecule has 0 aliphatic carbocycles. The summed E-state index contributed by atoms with van der Waals surface area (Å²) in [6.45, 7) is 2.87. The third-order valence-electron chi connectivity index (χ3n) is 3.91. The average molecular weight is 344 g/mol. The van der Waals surface area contributed by atoms with Gasteiger partial charge in [0.1, 0.15) is 18.2 Å². The maximum absolute atomic E-state index is 12.9. The van der Waals surface area contributed by atoms with Crippen molar-refractivity contribution in [2.75, 3.05) is 31.6 Å². The van der Waals surface area contributed by atoms with Gasteiger partial charge in [0.25, 0.3) is 0 Å². The molecular formula is C19H21FN2O3. The van der Waals surface area contributed by atoms with Crippen LogP contribution >= 0.6 is 0 Å².